The second-order valence-electron chi connectivity index (χ2n) is 7.35. The minimum atomic E-state index is -0.341. The van der Waals surface area contributed by atoms with Crippen molar-refractivity contribution in [2.24, 2.45) is 5.92 Å². The van der Waals surface area contributed by atoms with Crippen molar-refractivity contribution in [3.05, 3.63) is 71.8 Å². The van der Waals surface area contributed by atoms with E-state index in [9.17, 15) is 4.79 Å². The van der Waals surface area contributed by atoms with Gasteiger partial charge in [0.15, 0.2) is 0 Å². The van der Waals surface area contributed by atoms with Gasteiger partial charge in [-0.2, -0.15) is 0 Å². The predicted octanol–water partition coefficient (Wildman–Crippen LogP) is 6.04. The molecule has 4 rings (SSSR count). The Kier molecular flexibility index (Phi) is 5.95. The molecule has 2 heterocycles. The second-order valence-corrected chi connectivity index (χ2v) is 8.38. The number of imidazole rings is 1. The van der Waals surface area contributed by atoms with Crippen molar-refractivity contribution < 1.29 is 9.53 Å². The Hall–Kier alpha value is -2.99. The average Bonchev–Trinajstić information content (AvgIpc) is 3.46. The summed E-state index contributed by atoms with van der Waals surface area (Å²) in [7, 11) is 1.39. The van der Waals surface area contributed by atoms with Gasteiger partial charge in [-0.1, -0.05) is 44.9 Å². The fourth-order valence-electron chi connectivity index (χ4n) is 4.02. The summed E-state index contributed by atoms with van der Waals surface area (Å²) < 4.78 is 5.98. The van der Waals surface area contributed by atoms with Gasteiger partial charge in [0.25, 0.3) is 0 Å². The van der Waals surface area contributed by atoms with E-state index < -0.39 is 0 Å². The molecule has 0 saturated heterocycles. The Bertz CT molecular complexity index is 1150. The number of H-pyrrole nitrogens is 1. The van der Waals surface area contributed by atoms with Gasteiger partial charge in [0.1, 0.15) is 10.8 Å². The van der Waals surface area contributed by atoms with Crippen LogP contribution in [0.1, 0.15) is 54.4 Å². The highest BCUT2D eigenvalue weighted by atomic mass is 32.1. The van der Waals surface area contributed by atoms with Crippen molar-refractivity contribution in [2.45, 2.75) is 32.6 Å². The van der Waals surface area contributed by atoms with E-state index in [1.165, 1.54) is 12.7 Å². The van der Waals surface area contributed by atoms with Gasteiger partial charge in [-0.15, -0.1) is 11.3 Å². The molecule has 2 aromatic heterocycles. The maximum absolute atomic E-state index is 11.9. The number of carbonyl (C=O) groups excluding carboxylic acids is 1. The number of carbonyl (C=O) groups is 1. The molecule has 0 aliphatic carbocycles. The Labute approximate surface area is 180 Å². The van der Waals surface area contributed by atoms with Gasteiger partial charge in [0, 0.05) is 23.9 Å². The molecule has 1 atom stereocenters. The smallest absolute Gasteiger partial charge is 0.337 e. The van der Waals surface area contributed by atoms with E-state index in [-0.39, 0.29) is 11.9 Å². The highest BCUT2D eigenvalue weighted by Crippen LogP contribution is 2.38. The van der Waals surface area contributed by atoms with Crippen molar-refractivity contribution in [1.29, 1.82) is 0 Å². The van der Waals surface area contributed by atoms with Crippen LogP contribution in [0.15, 0.2) is 54.9 Å². The first-order valence-electron chi connectivity index (χ1n) is 10.2. The van der Waals surface area contributed by atoms with Crippen molar-refractivity contribution >= 4 is 27.5 Å². The number of benzene rings is 2. The van der Waals surface area contributed by atoms with Gasteiger partial charge in [0.05, 0.1) is 22.9 Å². The number of rotatable bonds is 7. The van der Waals surface area contributed by atoms with Crippen LogP contribution in [-0.4, -0.2) is 28.0 Å². The first-order chi connectivity index (χ1) is 14.6. The van der Waals surface area contributed by atoms with Crippen molar-refractivity contribution in [2.75, 3.05) is 7.11 Å². The maximum Gasteiger partial charge on any atom is 0.337 e. The molecule has 6 heteroatoms. The quantitative estimate of drug-likeness (QED) is 0.371. The van der Waals surface area contributed by atoms with E-state index in [4.69, 9.17) is 9.72 Å². The molecule has 2 aromatic carbocycles. The molecule has 4 aromatic rings. The van der Waals surface area contributed by atoms with Gasteiger partial charge >= 0.3 is 5.97 Å². The molecule has 5 nitrogen and oxygen atoms in total. The van der Waals surface area contributed by atoms with Gasteiger partial charge in [-0.25, -0.2) is 14.8 Å². The molecular weight excluding hydrogens is 394 g/mol. The Morgan fingerprint density at radius 2 is 2.00 bits per heavy atom. The Morgan fingerprint density at radius 3 is 2.70 bits per heavy atom. The number of fused-ring (bicyclic) bond motifs is 1. The number of aromatic nitrogens is 3. The first-order valence-corrected chi connectivity index (χ1v) is 11.0. The topological polar surface area (TPSA) is 67.9 Å². The van der Waals surface area contributed by atoms with Crippen LogP contribution in [0, 0.1) is 5.92 Å². The standard InChI is InChI=1S/C24H25N3O2S/c1-4-15(5-2)21(22-25-11-12-26-22)16-9-10-19-20(14-16)30-23(27-19)17-7-6-8-18(13-17)24(28)29-3/h6-15,21H,4-5H2,1-3H3,(H,25,26). The summed E-state index contributed by atoms with van der Waals surface area (Å²) in [6.45, 7) is 4.48. The SMILES string of the molecule is CCC(CC)C(c1ccc2nc(-c3cccc(C(=O)OC)c3)sc2c1)c1ncc[nH]1. The van der Waals surface area contributed by atoms with Gasteiger partial charge in [-0.05, 0) is 35.7 Å². The van der Waals surface area contributed by atoms with Crippen LogP contribution >= 0.6 is 11.3 Å². The van der Waals surface area contributed by atoms with E-state index >= 15 is 0 Å². The molecule has 0 spiro atoms. The van der Waals surface area contributed by atoms with Gasteiger partial charge < -0.3 is 9.72 Å². The molecular formula is C24H25N3O2S. The molecule has 1 N–H and O–H groups in total. The summed E-state index contributed by atoms with van der Waals surface area (Å²) in [6, 6.07) is 13.9. The number of hydrogen-bond donors (Lipinski definition) is 1. The predicted molar refractivity (Wildman–Crippen MR) is 121 cm³/mol. The number of aromatic amines is 1. The number of nitrogens with zero attached hydrogens (tertiary/aromatic N) is 2. The molecule has 154 valence electrons. The third-order valence-corrected chi connectivity index (χ3v) is 6.70. The van der Waals surface area contributed by atoms with Crippen LogP contribution in [0.4, 0.5) is 0 Å². The van der Waals surface area contributed by atoms with Crippen molar-refractivity contribution in [1.82, 2.24) is 15.0 Å². The highest BCUT2D eigenvalue weighted by Gasteiger charge is 2.25. The highest BCUT2D eigenvalue weighted by molar-refractivity contribution is 7.21. The molecule has 0 bridgehead atoms. The van der Waals surface area contributed by atoms with E-state index in [0.717, 1.165) is 39.5 Å². The lowest BCUT2D eigenvalue weighted by Crippen LogP contribution is -2.14. The number of ether oxygens (including phenoxy) is 1. The van der Waals surface area contributed by atoms with E-state index in [0.29, 0.717) is 11.5 Å². The number of nitrogens with one attached hydrogen (secondary N) is 1. The summed E-state index contributed by atoms with van der Waals surface area (Å²) in [5.41, 5.74) is 3.67. The maximum atomic E-state index is 11.9. The minimum absolute atomic E-state index is 0.229. The normalized spacial score (nSPS) is 12.4. The number of esters is 1. The van der Waals surface area contributed by atoms with Crippen LogP contribution in [0.25, 0.3) is 20.8 Å². The molecule has 1 unspecified atom stereocenters. The lowest BCUT2D eigenvalue weighted by Gasteiger charge is -2.24. The zero-order valence-electron chi connectivity index (χ0n) is 17.4. The van der Waals surface area contributed by atoms with Crippen LogP contribution in [-0.2, 0) is 4.74 Å². The van der Waals surface area contributed by atoms with Gasteiger partial charge in [0.2, 0.25) is 0 Å². The van der Waals surface area contributed by atoms with Crippen LogP contribution < -0.4 is 0 Å². The third-order valence-electron chi connectivity index (χ3n) is 5.64. The summed E-state index contributed by atoms with van der Waals surface area (Å²) in [4.78, 5) is 24.6. The zero-order valence-corrected chi connectivity index (χ0v) is 18.2. The van der Waals surface area contributed by atoms with Crippen molar-refractivity contribution in [3.63, 3.8) is 0 Å². The molecule has 30 heavy (non-hydrogen) atoms. The summed E-state index contributed by atoms with van der Waals surface area (Å²) >= 11 is 1.64. The Balaban J connectivity index is 1.74. The van der Waals surface area contributed by atoms with E-state index in [1.54, 1.807) is 17.4 Å². The lowest BCUT2D eigenvalue weighted by molar-refractivity contribution is 0.0601. The van der Waals surface area contributed by atoms with E-state index in [1.807, 2.05) is 30.6 Å². The second kappa shape index (κ2) is 8.79. The van der Waals surface area contributed by atoms with Crippen LogP contribution in [0.3, 0.4) is 0 Å². The number of thiazole rings is 1. The molecule has 0 saturated carbocycles. The fraction of sp³-hybridized carbons (Fsp3) is 0.292. The molecule has 0 radical (unpaired) electrons. The monoisotopic (exact) mass is 419 g/mol. The summed E-state index contributed by atoms with van der Waals surface area (Å²) in [6.07, 6.45) is 5.90. The molecule has 0 fully saturated rings. The molecule has 0 aliphatic heterocycles. The molecule has 0 amide bonds. The number of methoxy groups -OCH3 is 1. The summed E-state index contributed by atoms with van der Waals surface area (Å²) in [5.74, 6) is 1.41. The minimum Gasteiger partial charge on any atom is -0.465 e. The zero-order chi connectivity index (χ0) is 21.1. The van der Waals surface area contributed by atoms with E-state index in [2.05, 4.69) is 42.0 Å². The van der Waals surface area contributed by atoms with Crippen LogP contribution in [0.2, 0.25) is 0 Å². The third kappa shape index (κ3) is 3.87. The average molecular weight is 420 g/mol. The largest absolute Gasteiger partial charge is 0.465 e. The summed E-state index contributed by atoms with van der Waals surface area (Å²) in [5, 5.41) is 0.894. The lowest BCUT2D eigenvalue weighted by atomic mass is 9.82. The van der Waals surface area contributed by atoms with Crippen LogP contribution in [0.5, 0.6) is 0 Å². The Morgan fingerprint density at radius 1 is 1.17 bits per heavy atom. The van der Waals surface area contributed by atoms with Crippen molar-refractivity contribution in [3.8, 4) is 10.6 Å². The fourth-order valence-corrected chi connectivity index (χ4v) is 5.03. The van der Waals surface area contributed by atoms with Gasteiger partial charge in [-0.3, -0.25) is 0 Å². The molecule has 0 aliphatic rings. The first kappa shape index (κ1) is 20.3. The number of hydrogen-bond acceptors (Lipinski definition) is 5.